The summed E-state index contributed by atoms with van der Waals surface area (Å²) in [6.07, 6.45) is 5.39. The van der Waals surface area contributed by atoms with Gasteiger partial charge in [0.05, 0.1) is 25.5 Å². The number of carbonyl (C=O) groups is 1. The van der Waals surface area contributed by atoms with Crippen molar-refractivity contribution in [3.8, 4) is 11.8 Å². The lowest BCUT2D eigenvalue weighted by atomic mass is 9.90. The van der Waals surface area contributed by atoms with Crippen molar-refractivity contribution in [3.63, 3.8) is 0 Å². The van der Waals surface area contributed by atoms with Gasteiger partial charge in [-0.3, -0.25) is 4.79 Å². The highest BCUT2D eigenvalue weighted by Crippen LogP contribution is 2.24. The maximum Gasteiger partial charge on any atom is 0.231 e. The Kier molecular flexibility index (Phi) is 6.49. The van der Waals surface area contributed by atoms with Crippen molar-refractivity contribution in [2.45, 2.75) is 45.4 Å². The zero-order chi connectivity index (χ0) is 19.1. The fraction of sp³-hybridized carbons (Fsp3) is 0.391. The van der Waals surface area contributed by atoms with E-state index >= 15 is 0 Å². The van der Waals surface area contributed by atoms with Crippen LogP contribution in [0.1, 0.15) is 42.9 Å². The van der Waals surface area contributed by atoms with E-state index in [0.717, 1.165) is 29.8 Å². The van der Waals surface area contributed by atoms with Crippen LogP contribution in [0, 0.1) is 11.3 Å². The molecule has 27 heavy (non-hydrogen) atoms. The molecule has 1 aliphatic rings. The SMILES string of the molecule is CCOc1ccc(N(CCC#N)C(=O)Cc2ccc3c(c2)CCCC3)cc1. The highest BCUT2D eigenvalue weighted by Gasteiger charge is 2.17. The van der Waals surface area contributed by atoms with Crippen molar-refractivity contribution in [2.24, 2.45) is 0 Å². The summed E-state index contributed by atoms with van der Waals surface area (Å²) in [7, 11) is 0. The Morgan fingerprint density at radius 1 is 1.11 bits per heavy atom. The van der Waals surface area contributed by atoms with Crippen molar-refractivity contribution in [3.05, 3.63) is 59.2 Å². The Morgan fingerprint density at radius 3 is 2.56 bits per heavy atom. The molecule has 2 aromatic rings. The van der Waals surface area contributed by atoms with Gasteiger partial charge >= 0.3 is 0 Å². The molecule has 0 fully saturated rings. The van der Waals surface area contributed by atoms with Crippen molar-refractivity contribution >= 4 is 11.6 Å². The first-order valence-electron chi connectivity index (χ1n) is 9.72. The topological polar surface area (TPSA) is 53.3 Å². The average Bonchev–Trinajstić information content (AvgIpc) is 2.69. The van der Waals surface area contributed by atoms with E-state index in [0.29, 0.717) is 26.0 Å². The number of aryl methyl sites for hydroxylation is 2. The van der Waals surface area contributed by atoms with E-state index in [-0.39, 0.29) is 5.91 Å². The summed E-state index contributed by atoms with van der Waals surface area (Å²) in [6.45, 7) is 2.94. The highest BCUT2D eigenvalue weighted by molar-refractivity contribution is 5.94. The Balaban J connectivity index is 1.76. The fourth-order valence-corrected chi connectivity index (χ4v) is 3.62. The lowest BCUT2D eigenvalue weighted by Crippen LogP contribution is -2.33. The molecule has 1 amide bonds. The standard InChI is InChI=1S/C23H26N2O2/c1-2-27-22-12-10-21(11-13-22)25(15-5-14-24)23(26)17-18-8-9-19-6-3-4-7-20(19)16-18/h8-13,16H,2-7,15,17H2,1H3. The van der Waals surface area contributed by atoms with Gasteiger partial charge in [0, 0.05) is 12.2 Å². The summed E-state index contributed by atoms with van der Waals surface area (Å²) in [6, 6.07) is 16.1. The van der Waals surface area contributed by atoms with Crippen molar-refractivity contribution in [1.29, 1.82) is 5.26 Å². The lowest BCUT2D eigenvalue weighted by molar-refractivity contribution is -0.118. The van der Waals surface area contributed by atoms with E-state index in [2.05, 4.69) is 24.3 Å². The van der Waals surface area contributed by atoms with Gasteiger partial charge in [-0.05, 0) is 73.6 Å². The first kappa shape index (κ1) is 19.0. The summed E-state index contributed by atoms with van der Waals surface area (Å²) >= 11 is 0. The van der Waals surface area contributed by atoms with Gasteiger partial charge in [0.25, 0.3) is 0 Å². The number of nitriles is 1. The number of fused-ring (bicyclic) bond motifs is 1. The molecular weight excluding hydrogens is 336 g/mol. The zero-order valence-corrected chi connectivity index (χ0v) is 15.9. The van der Waals surface area contributed by atoms with E-state index in [1.165, 1.54) is 24.0 Å². The number of amides is 1. The van der Waals surface area contributed by atoms with E-state index in [4.69, 9.17) is 10.00 Å². The van der Waals surface area contributed by atoms with Crippen LogP contribution in [0.3, 0.4) is 0 Å². The van der Waals surface area contributed by atoms with Crippen LogP contribution in [0.25, 0.3) is 0 Å². The molecular formula is C23H26N2O2. The number of rotatable bonds is 7. The molecule has 1 aliphatic carbocycles. The monoisotopic (exact) mass is 362 g/mol. The number of nitrogens with zero attached hydrogens (tertiary/aromatic N) is 2. The van der Waals surface area contributed by atoms with Crippen LogP contribution in [0.4, 0.5) is 5.69 Å². The van der Waals surface area contributed by atoms with Crippen LogP contribution in [-0.4, -0.2) is 19.1 Å². The molecule has 2 aromatic carbocycles. The van der Waals surface area contributed by atoms with Crippen molar-refractivity contribution in [1.82, 2.24) is 0 Å². The number of ether oxygens (including phenoxy) is 1. The Hall–Kier alpha value is -2.80. The minimum absolute atomic E-state index is 0.0187. The van der Waals surface area contributed by atoms with Gasteiger partial charge in [-0.1, -0.05) is 18.2 Å². The Morgan fingerprint density at radius 2 is 1.85 bits per heavy atom. The molecule has 0 saturated heterocycles. The Bertz CT molecular complexity index is 821. The van der Waals surface area contributed by atoms with Gasteiger partial charge in [-0.15, -0.1) is 0 Å². The summed E-state index contributed by atoms with van der Waals surface area (Å²) < 4.78 is 5.47. The normalized spacial score (nSPS) is 12.7. The quantitative estimate of drug-likeness (QED) is 0.731. The molecule has 0 heterocycles. The van der Waals surface area contributed by atoms with Gasteiger partial charge in [-0.25, -0.2) is 0 Å². The van der Waals surface area contributed by atoms with Crippen LogP contribution in [0.15, 0.2) is 42.5 Å². The molecule has 0 bridgehead atoms. The van der Waals surface area contributed by atoms with Gasteiger partial charge in [0.1, 0.15) is 5.75 Å². The van der Waals surface area contributed by atoms with Gasteiger partial charge in [0.2, 0.25) is 5.91 Å². The number of benzene rings is 2. The molecule has 4 heteroatoms. The molecule has 0 radical (unpaired) electrons. The van der Waals surface area contributed by atoms with Crippen LogP contribution in [-0.2, 0) is 24.1 Å². The lowest BCUT2D eigenvalue weighted by Gasteiger charge is -2.23. The maximum atomic E-state index is 13.0. The van der Waals surface area contributed by atoms with E-state index in [1.54, 1.807) is 4.90 Å². The van der Waals surface area contributed by atoms with Gasteiger partial charge in [-0.2, -0.15) is 5.26 Å². The minimum Gasteiger partial charge on any atom is -0.494 e. The Labute approximate surface area is 161 Å². The first-order chi connectivity index (χ1) is 13.2. The third-order valence-electron chi connectivity index (χ3n) is 4.98. The van der Waals surface area contributed by atoms with Crippen LogP contribution in [0.2, 0.25) is 0 Å². The smallest absolute Gasteiger partial charge is 0.231 e. The maximum absolute atomic E-state index is 13.0. The van der Waals surface area contributed by atoms with E-state index in [1.807, 2.05) is 31.2 Å². The van der Waals surface area contributed by atoms with E-state index in [9.17, 15) is 4.79 Å². The summed E-state index contributed by atoms with van der Waals surface area (Å²) in [5, 5.41) is 8.97. The van der Waals surface area contributed by atoms with Crippen molar-refractivity contribution < 1.29 is 9.53 Å². The molecule has 0 spiro atoms. The largest absolute Gasteiger partial charge is 0.494 e. The molecule has 0 saturated carbocycles. The van der Waals surface area contributed by atoms with Crippen molar-refractivity contribution in [2.75, 3.05) is 18.1 Å². The van der Waals surface area contributed by atoms with Gasteiger partial charge in [0.15, 0.2) is 0 Å². The molecule has 0 unspecified atom stereocenters. The number of anilines is 1. The molecule has 0 N–H and O–H groups in total. The van der Waals surface area contributed by atoms with Crippen LogP contribution >= 0.6 is 0 Å². The molecule has 3 rings (SSSR count). The zero-order valence-electron chi connectivity index (χ0n) is 15.9. The molecule has 0 atom stereocenters. The van der Waals surface area contributed by atoms with Gasteiger partial charge < -0.3 is 9.64 Å². The fourth-order valence-electron chi connectivity index (χ4n) is 3.62. The third-order valence-corrected chi connectivity index (χ3v) is 4.98. The average molecular weight is 362 g/mol. The molecule has 4 nitrogen and oxygen atoms in total. The highest BCUT2D eigenvalue weighted by atomic mass is 16.5. The second kappa shape index (κ2) is 9.23. The summed E-state index contributed by atoms with van der Waals surface area (Å²) in [5.74, 6) is 0.800. The number of hydrogen-bond acceptors (Lipinski definition) is 3. The second-order valence-corrected chi connectivity index (χ2v) is 6.87. The summed E-state index contributed by atoms with van der Waals surface area (Å²) in [5.41, 5.74) is 4.66. The van der Waals surface area contributed by atoms with Crippen LogP contribution < -0.4 is 9.64 Å². The minimum atomic E-state index is 0.0187. The number of carbonyl (C=O) groups excluding carboxylic acids is 1. The third kappa shape index (κ3) is 4.89. The summed E-state index contributed by atoms with van der Waals surface area (Å²) in [4.78, 5) is 14.7. The predicted octanol–water partition coefficient (Wildman–Crippen LogP) is 4.45. The number of hydrogen-bond donors (Lipinski definition) is 0. The van der Waals surface area contributed by atoms with Crippen LogP contribution in [0.5, 0.6) is 5.75 Å². The molecule has 0 aliphatic heterocycles. The van der Waals surface area contributed by atoms with E-state index < -0.39 is 0 Å². The first-order valence-corrected chi connectivity index (χ1v) is 9.72. The second-order valence-electron chi connectivity index (χ2n) is 6.87. The predicted molar refractivity (Wildman–Crippen MR) is 107 cm³/mol. The molecule has 140 valence electrons. The molecule has 0 aromatic heterocycles.